The third-order valence-corrected chi connectivity index (χ3v) is 5.28. The van der Waals surface area contributed by atoms with E-state index in [1.807, 2.05) is 0 Å². The predicted molar refractivity (Wildman–Crippen MR) is 88.9 cm³/mol. The summed E-state index contributed by atoms with van der Waals surface area (Å²) in [5, 5.41) is 2.68. The lowest BCUT2D eigenvalue weighted by atomic mass is 9.99. The van der Waals surface area contributed by atoms with E-state index in [9.17, 15) is 18.0 Å². The number of sulfone groups is 1. The molecule has 2 amide bonds. The lowest BCUT2D eigenvalue weighted by molar-refractivity contribution is -0.118. The summed E-state index contributed by atoms with van der Waals surface area (Å²) in [5.41, 5.74) is 1.03. The maximum atomic E-state index is 12.7. The molecule has 0 saturated carbocycles. The summed E-state index contributed by atoms with van der Waals surface area (Å²) in [7, 11) is -3.05. The first-order chi connectivity index (χ1) is 11.3. The summed E-state index contributed by atoms with van der Waals surface area (Å²) in [6.07, 6.45) is 2.84. The molecule has 1 aromatic rings. The first kappa shape index (κ1) is 16.8. The Morgan fingerprint density at radius 1 is 1.42 bits per heavy atom. The smallest absolute Gasteiger partial charge is 0.262 e. The second kappa shape index (κ2) is 6.43. The van der Waals surface area contributed by atoms with Crippen molar-refractivity contribution in [1.29, 1.82) is 0 Å². The SMILES string of the molecule is CS(=O)(=O)C[C@H]1CCCN(C(=O)c2ccc3c(c2)OCC(=O)N3)C1. The molecule has 0 radical (unpaired) electrons. The number of nitrogens with one attached hydrogen (secondary N) is 1. The Morgan fingerprint density at radius 3 is 2.96 bits per heavy atom. The van der Waals surface area contributed by atoms with Crippen LogP contribution in [0.5, 0.6) is 5.75 Å². The number of hydrogen-bond donors (Lipinski definition) is 1. The molecule has 0 aliphatic carbocycles. The van der Waals surface area contributed by atoms with Crippen LogP contribution < -0.4 is 10.1 Å². The van der Waals surface area contributed by atoms with Crippen LogP contribution in [0.2, 0.25) is 0 Å². The van der Waals surface area contributed by atoms with Crippen LogP contribution in [-0.4, -0.2) is 56.8 Å². The summed E-state index contributed by atoms with van der Waals surface area (Å²) < 4.78 is 28.3. The van der Waals surface area contributed by atoms with Gasteiger partial charge in [-0.25, -0.2) is 8.42 Å². The number of carbonyl (C=O) groups is 2. The summed E-state index contributed by atoms with van der Waals surface area (Å²) in [4.78, 5) is 25.7. The number of carbonyl (C=O) groups excluding carboxylic acids is 2. The summed E-state index contributed by atoms with van der Waals surface area (Å²) in [6.45, 7) is 0.999. The maximum absolute atomic E-state index is 12.7. The monoisotopic (exact) mass is 352 g/mol. The second-order valence-electron chi connectivity index (χ2n) is 6.40. The van der Waals surface area contributed by atoms with E-state index in [0.717, 1.165) is 12.8 Å². The first-order valence-corrected chi connectivity index (χ1v) is 9.91. The van der Waals surface area contributed by atoms with E-state index in [0.29, 0.717) is 30.1 Å². The molecule has 7 nitrogen and oxygen atoms in total. The van der Waals surface area contributed by atoms with Crippen molar-refractivity contribution in [1.82, 2.24) is 4.90 Å². The molecule has 1 fully saturated rings. The molecule has 24 heavy (non-hydrogen) atoms. The van der Waals surface area contributed by atoms with Crippen LogP contribution >= 0.6 is 0 Å². The van der Waals surface area contributed by atoms with Gasteiger partial charge >= 0.3 is 0 Å². The molecule has 1 aromatic carbocycles. The van der Waals surface area contributed by atoms with Crippen molar-refractivity contribution in [2.45, 2.75) is 12.8 Å². The average molecular weight is 352 g/mol. The highest BCUT2D eigenvalue weighted by molar-refractivity contribution is 7.90. The Morgan fingerprint density at radius 2 is 2.21 bits per heavy atom. The highest BCUT2D eigenvalue weighted by Crippen LogP contribution is 2.29. The maximum Gasteiger partial charge on any atom is 0.262 e. The van der Waals surface area contributed by atoms with Crippen molar-refractivity contribution < 1.29 is 22.7 Å². The van der Waals surface area contributed by atoms with Crippen LogP contribution in [0.15, 0.2) is 18.2 Å². The molecule has 2 aliphatic heterocycles. The Balaban J connectivity index is 1.73. The largest absolute Gasteiger partial charge is 0.482 e. The fraction of sp³-hybridized carbons (Fsp3) is 0.500. The lowest BCUT2D eigenvalue weighted by Gasteiger charge is -2.32. The Kier molecular flexibility index (Phi) is 4.49. The highest BCUT2D eigenvalue weighted by Gasteiger charge is 2.27. The van der Waals surface area contributed by atoms with Gasteiger partial charge in [0.1, 0.15) is 15.6 Å². The molecule has 0 aromatic heterocycles. The van der Waals surface area contributed by atoms with E-state index in [-0.39, 0.29) is 30.1 Å². The third-order valence-electron chi connectivity index (χ3n) is 4.21. The zero-order valence-electron chi connectivity index (χ0n) is 13.4. The molecule has 2 heterocycles. The molecule has 3 rings (SSSR count). The van der Waals surface area contributed by atoms with Gasteiger partial charge in [-0.2, -0.15) is 0 Å². The van der Waals surface area contributed by atoms with Gasteiger partial charge in [-0.1, -0.05) is 0 Å². The second-order valence-corrected chi connectivity index (χ2v) is 8.58. The van der Waals surface area contributed by atoms with Crippen molar-refractivity contribution in [2.75, 3.05) is 37.0 Å². The Bertz CT molecular complexity index is 775. The molecule has 8 heteroatoms. The van der Waals surface area contributed by atoms with Gasteiger partial charge in [-0.05, 0) is 37.0 Å². The first-order valence-electron chi connectivity index (χ1n) is 7.85. The van der Waals surface area contributed by atoms with Gasteiger partial charge in [0.15, 0.2) is 6.61 Å². The summed E-state index contributed by atoms with van der Waals surface area (Å²) in [6, 6.07) is 4.92. The molecule has 0 spiro atoms. The molecule has 2 aliphatic rings. The van der Waals surface area contributed by atoms with E-state index in [1.165, 1.54) is 6.26 Å². The molecule has 0 unspecified atom stereocenters. The number of ether oxygens (including phenoxy) is 1. The van der Waals surface area contributed by atoms with Crippen molar-refractivity contribution >= 4 is 27.3 Å². The Labute approximate surface area is 140 Å². The van der Waals surface area contributed by atoms with Crippen molar-refractivity contribution in [3.05, 3.63) is 23.8 Å². The number of nitrogens with zero attached hydrogens (tertiary/aromatic N) is 1. The molecular weight excluding hydrogens is 332 g/mol. The summed E-state index contributed by atoms with van der Waals surface area (Å²) >= 11 is 0. The number of fused-ring (bicyclic) bond motifs is 1. The molecule has 1 saturated heterocycles. The zero-order valence-corrected chi connectivity index (χ0v) is 14.3. The van der Waals surface area contributed by atoms with Crippen LogP contribution in [0.25, 0.3) is 0 Å². The fourth-order valence-electron chi connectivity index (χ4n) is 3.20. The number of anilines is 1. The predicted octanol–water partition coefficient (Wildman–Crippen LogP) is 0.914. The van der Waals surface area contributed by atoms with Crippen molar-refractivity contribution in [2.24, 2.45) is 5.92 Å². The molecule has 1 atom stereocenters. The van der Waals surface area contributed by atoms with E-state index in [2.05, 4.69) is 5.32 Å². The van der Waals surface area contributed by atoms with E-state index in [1.54, 1.807) is 23.1 Å². The normalized spacial score (nSPS) is 20.8. The van der Waals surface area contributed by atoms with Gasteiger partial charge in [0.2, 0.25) is 0 Å². The van der Waals surface area contributed by atoms with Gasteiger partial charge < -0.3 is 15.0 Å². The number of piperidine rings is 1. The highest BCUT2D eigenvalue weighted by atomic mass is 32.2. The number of rotatable bonds is 3. The van der Waals surface area contributed by atoms with Gasteiger partial charge in [0.25, 0.3) is 11.8 Å². The van der Waals surface area contributed by atoms with Gasteiger partial charge in [-0.15, -0.1) is 0 Å². The van der Waals surface area contributed by atoms with Gasteiger partial charge in [-0.3, -0.25) is 9.59 Å². The summed E-state index contributed by atoms with van der Waals surface area (Å²) in [5.74, 6) is 0.199. The molecular formula is C16H20N2O5S. The minimum Gasteiger partial charge on any atom is -0.482 e. The lowest BCUT2D eigenvalue weighted by Crippen LogP contribution is -2.41. The van der Waals surface area contributed by atoms with Gasteiger partial charge in [0.05, 0.1) is 11.4 Å². The number of likely N-dealkylation sites (tertiary alicyclic amines) is 1. The number of hydrogen-bond acceptors (Lipinski definition) is 5. The van der Waals surface area contributed by atoms with E-state index < -0.39 is 9.84 Å². The van der Waals surface area contributed by atoms with Crippen molar-refractivity contribution in [3.8, 4) is 5.75 Å². The topological polar surface area (TPSA) is 92.8 Å². The van der Waals surface area contributed by atoms with Gasteiger partial charge in [0, 0.05) is 24.9 Å². The third kappa shape index (κ3) is 3.87. The van der Waals surface area contributed by atoms with Crippen LogP contribution in [0.4, 0.5) is 5.69 Å². The van der Waals surface area contributed by atoms with E-state index in [4.69, 9.17) is 4.74 Å². The number of benzene rings is 1. The minimum absolute atomic E-state index is 0.0223. The van der Waals surface area contributed by atoms with E-state index >= 15 is 0 Å². The number of amides is 2. The van der Waals surface area contributed by atoms with Crippen LogP contribution in [0.1, 0.15) is 23.2 Å². The average Bonchev–Trinajstić information content (AvgIpc) is 2.52. The van der Waals surface area contributed by atoms with Crippen LogP contribution in [-0.2, 0) is 14.6 Å². The standard InChI is InChI=1S/C16H20N2O5S/c1-24(21,22)10-11-3-2-6-18(8-11)16(20)12-4-5-13-14(7-12)23-9-15(19)17-13/h4-5,7,11H,2-3,6,8-10H2,1H3,(H,17,19)/t11-/m0/s1. The Hall–Kier alpha value is -2.09. The quantitative estimate of drug-likeness (QED) is 0.873. The molecule has 1 N–H and O–H groups in total. The minimum atomic E-state index is -3.05. The van der Waals surface area contributed by atoms with Crippen LogP contribution in [0, 0.1) is 5.92 Å². The van der Waals surface area contributed by atoms with Crippen LogP contribution in [0.3, 0.4) is 0 Å². The van der Waals surface area contributed by atoms with Crippen molar-refractivity contribution in [3.63, 3.8) is 0 Å². The molecule has 0 bridgehead atoms. The zero-order chi connectivity index (χ0) is 17.3. The fourth-order valence-corrected chi connectivity index (χ4v) is 4.33. The molecule has 130 valence electrons.